The Balaban J connectivity index is 2.53. The molecule has 3 heteroatoms. The fourth-order valence-corrected chi connectivity index (χ4v) is 1.82. The first-order valence-corrected chi connectivity index (χ1v) is 5.01. The summed E-state index contributed by atoms with van der Waals surface area (Å²) < 4.78 is 1.14. The lowest BCUT2D eigenvalue weighted by molar-refractivity contribution is 0.708. The zero-order valence-electron chi connectivity index (χ0n) is 7.45. The lowest BCUT2D eigenvalue weighted by Gasteiger charge is -2.07. The Morgan fingerprint density at radius 2 is 1.64 bits per heavy atom. The molecule has 0 aliphatic heterocycles. The summed E-state index contributed by atoms with van der Waals surface area (Å²) >= 11 is 11.2. The number of fused-ring (bicyclic) bond motifs is 1. The van der Waals surface area contributed by atoms with Crippen LogP contribution in [0.3, 0.4) is 0 Å². The second-order valence-electron chi connectivity index (χ2n) is 3.10. The van der Waals surface area contributed by atoms with Crippen LogP contribution in [0.25, 0.3) is 10.8 Å². The van der Waals surface area contributed by atoms with E-state index in [0.717, 1.165) is 9.50 Å². The van der Waals surface area contributed by atoms with Gasteiger partial charge in [0.15, 0.2) is 0 Å². The van der Waals surface area contributed by atoms with Crippen molar-refractivity contribution in [2.24, 2.45) is 0 Å². The van der Waals surface area contributed by atoms with Crippen molar-refractivity contribution in [1.29, 1.82) is 0 Å². The minimum atomic E-state index is 0.532. The number of halogens is 2. The minimum absolute atomic E-state index is 0.532. The smallest absolute Gasteiger partial charge is 0.0560 e. The molecule has 0 N–H and O–H groups in total. The molecule has 2 aromatic rings. The van der Waals surface area contributed by atoms with E-state index in [9.17, 15) is 0 Å². The van der Waals surface area contributed by atoms with Gasteiger partial charge in [0.05, 0.1) is 6.54 Å². The molecule has 0 amide bonds. The molecule has 2 aromatic carbocycles. The van der Waals surface area contributed by atoms with Crippen LogP contribution in [-0.2, 0) is 6.54 Å². The molecule has 0 aromatic heterocycles. The van der Waals surface area contributed by atoms with E-state index < -0.39 is 0 Å². The van der Waals surface area contributed by atoms with Crippen molar-refractivity contribution < 1.29 is 0 Å². The van der Waals surface area contributed by atoms with Gasteiger partial charge in [0.25, 0.3) is 0 Å². The van der Waals surface area contributed by atoms with Crippen molar-refractivity contribution in [3.8, 4) is 0 Å². The van der Waals surface area contributed by atoms with E-state index in [2.05, 4.69) is 18.2 Å². The molecule has 0 aliphatic rings. The van der Waals surface area contributed by atoms with E-state index in [1.54, 1.807) is 0 Å². The molecule has 1 nitrogen and oxygen atoms in total. The maximum Gasteiger partial charge on any atom is 0.0560 e. The van der Waals surface area contributed by atoms with E-state index in [4.69, 9.17) is 23.6 Å². The zero-order valence-corrected chi connectivity index (χ0v) is 8.96. The van der Waals surface area contributed by atoms with Crippen molar-refractivity contribution in [3.05, 3.63) is 48.0 Å². The fourth-order valence-electron chi connectivity index (χ4n) is 1.56. The highest BCUT2D eigenvalue weighted by molar-refractivity contribution is 6.33. The second-order valence-corrected chi connectivity index (χ2v) is 4.09. The topological polar surface area (TPSA) is 3.24 Å². The molecule has 0 unspecified atom stereocenters. The summed E-state index contributed by atoms with van der Waals surface area (Å²) in [5, 5.41) is 2.40. The van der Waals surface area contributed by atoms with Crippen LogP contribution < -0.4 is 0 Å². The van der Waals surface area contributed by atoms with Gasteiger partial charge in [-0.2, -0.15) is 0 Å². The Hall–Kier alpha value is -0.760. The third-order valence-electron chi connectivity index (χ3n) is 2.17. The Bertz CT molecular complexity index is 435. The summed E-state index contributed by atoms with van der Waals surface area (Å²) in [6.07, 6.45) is 0. The minimum Gasteiger partial charge on any atom is -0.127 e. The van der Waals surface area contributed by atoms with E-state index in [0.29, 0.717) is 6.54 Å². The Kier molecular flexibility index (Phi) is 2.92. The van der Waals surface area contributed by atoms with Crippen LogP contribution in [0, 0.1) is 0 Å². The highest BCUT2D eigenvalue weighted by atomic mass is 35.5. The molecule has 0 saturated heterocycles. The number of rotatable bonds is 2. The van der Waals surface area contributed by atoms with Crippen LogP contribution in [0.15, 0.2) is 42.5 Å². The standard InChI is InChI=1S/C11H9Cl2N/c12-14(13)8-10-6-3-5-9-4-1-2-7-11(9)10/h1-7H,8H2. The summed E-state index contributed by atoms with van der Waals surface area (Å²) in [6, 6.07) is 14.3. The summed E-state index contributed by atoms with van der Waals surface area (Å²) in [4.78, 5) is 0. The summed E-state index contributed by atoms with van der Waals surface area (Å²) in [5.41, 5.74) is 1.13. The quantitative estimate of drug-likeness (QED) is 0.700. The van der Waals surface area contributed by atoms with Crippen molar-refractivity contribution in [2.45, 2.75) is 6.54 Å². The van der Waals surface area contributed by atoms with Gasteiger partial charge in [-0.25, -0.2) is 0 Å². The van der Waals surface area contributed by atoms with Gasteiger partial charge in [-0.15, -0.1) is 3.94 Å². The monoisotopic (exact) mass is 225 g/mol. The van der Waals surface area contributed by atoms with Gasteiger partial charge in [-0.1, -0.05) is 42.5 Å². The predicted molar refractivity (Wildman–Crippen MR) is 61.2 cm³/mol. The maximum atomic E-state index is 5.61. The van der Waals surface area contributed by atoms with Crippen molar-refractivity contribution in [3.63, 3.8) is 0 Å². The zero-order chi connectivity index (χ0) is 9.97. The SMILES string of the molecule is ClN(Cl)Cc1cccc2ccccc12. The molecule has 0 atom stereocenters. The molecular weight excluding hydrogens is 217 g/mol. The number of hydrogen-bond donors (Lipinski definition) is 0. The molecule has 0 radical (unpaired) electrons. The molecule has 0 fully saturated rings. The normalized spacial score (nSPS) is 11.1. The first kappa shape index (κ1) is 9.78. The summed E-state index contributed by atoms with van der Waals surface area (Å²) in [6.45, 7) is 0.532. The average molecular weight is 226 g/mol. The lowest BCUT2D eigenvalue weighted by Crippen LogP contribution is -1.97. The molecule has 72 valence electrons. The largest absolute Gasteiger partial charge is 0.127 e. The first-order valence-electron chi connectivity index (χ1n) is 4.33. The number of benzene rings is 2. The van der Waals surface area contributed by atoms with Crippen LogP contribution in [0.4, 0.5) is 0 Å². The first-order chi connectivity index (χ1) is 6.77. The number of nitrogens with zero attached hydrogens (tertiary/aromatic N) is 1. The van der Waals surface area contributed by atoms with Gasteiger partial charge >= 0.3 is 0 Å². The molecule has 2 rings (SSSR count). The van der Waals surface area contributed by atoms with Gasteiger partial charge in [-0.3, -0.25) is 0 Å². The van der Waals surface area contributed by atoms with Crippen molar-refractivity contribution in [2.75, 3.05) is 0 Å². The fraction of sp³-hybridized carbons (Fsp3) is 0.0909. The second kappa shape index (κ2) is 4.18. The molecular formula is C11H9Cl2N. The third kappa shape index (κ3) is 2.01. The van der Waals surface area contributed by atoms with E-state index in [-0.39, 0.29) is 0 Å². The highest BCUT2D eigenvalue weighted by Gasteiger charge is 2.02. The van der Waals surface area contributed by atoms with Gasteiger partial charge in [0.2, 0.25) is 0 Å². The van der Waals surface area contributed by atoms with E-state index in [1.165, 1.54) is 10.8 Å². The summed E-state index contributed by atoms with van der Waals surface area (Å²) in [5.74, 6) is 0. The van der Waals surface area contributed by atoms with Crippen LogP contribution in [0.2, 0.25) is 0 Å². The lowest BCUT2D eigenvalue weighted by atomic mass is 10.1. The van der Waals surface area contributed by atoms with Gasteiger partial charge in [-0.05, 0) is 39.9 Å². The third-order valence-corrected chi connectivity index (χ3v) is 2.41. The molecule has 0 aliphatic carbocycles. The van der Waals surface area contributed by atoms with Crippen molar-refractivity contribution in [1.82, 2.24) is 3.94 Å². The van der Waals surface area contributed by atoms with Crippen LogP contribution >= 0.6 is 23.6 Å². The van der Waals surface area contributed by atoms with Crippen LogP contribution in [0.5, 0.6) is 0 Å². The van der Waals surface area contributed by atoms with Crippen molar-refractivity contribution >= 4 is 34.3 Å². The number of hydrogen-bond acceptors (Lipinski definition) is 1. The Morgan fingerprint density at radius 3 is 2.43 bits per heavy atom. The average Bonchev–Trinajstić information content (AvgIpc) is 2.18. The van der Waals surface area contributed by atoms with Crippen LogP contribution in [0.1, 0.15) is 5.56 Å². The van der Waals surface area contributed by atoms with Gasteiger partial charge in [0.1, 0.15) is 0 Å². The maximum absolute atomic E-state index is 5.61. The molecule has 14 heavy (non-hydrogen) atoms. The Morgan fingerprint density at radius 1 is 0.929 bits per heavy atom. The van der Waals surface area contributed by atoms with Gasteiger partial charge < -0.3 is 0 Å². The molecule has 0 spiro atoms. The summed E-state index contributed by atoms with van der Waals surface area (Å²) in [7, 11) is 0. The van der Waals surface area contributed by atoms with E-state index >= 15 is 0 Å². The highest BCUT2D eigenvalue weighted by Crippen LogP contribution is 2.20. The Labute approximate surface area is 93.1 Å². The predicted octanol–water partition coefficient (Wildman–Crippen LogP) is 3.95. The molecule has 0 bridgehead atoms. The molecule has 0 heterocycles. The van der Waals surface area contributed by atoms with E-state index in [1.807, 2.05) is 24.3 Å². The van der Waals surface area contributed by atoms with Crippen LogP contribution in [-0.4, -0.2) is 3.94 Å². The van der Waals surface area contributed by atoms with Gasteiger partial charge in [0, 0.05) is 0 Å². The molecule has 0 saturated carbocycles.